The zero-order chi connectivity index (χ0) is 15.2. The standard InChI is InChI=1S/C18H21NO2/c1-13(2)18(14-5-9-16(20-3)10-6-14)19-15-7-11-17(21-4)12-8-15/h5-12,18-19H,1H2,2-4H3. The van der Waals surface area contributed by atoms with E-state index in [9.17, 15) is 0 Å². The van der Waals surface area contributed by atoms with Crippen LogP contribution in [0.1, 0.15) is 18.5 Å². The van der Waals surface area contributed by atoms with E-state index < -0.39 is 0 Å². The van der Waals surface area contributed by atoms with Gasteiger partial charge in [0, 0.05) is 5.69 Å². The minimum absolute atomic E-state index is 0.0595. The second kappa shape index (κ2) is 6.84. The van der Waals surface area contributed by atoms with Crippen LogP contribution >= 0.6 is 0 Å². The van der Waals surface area contributed by atoms with Crippen molar-refractivity contribution in [1.82, 2.24) is 0 Å². The zero-order valence-corrected chi connectivity index (χ0v) is 12.7. The van der Waals surface area contributed by atoms with Crippen molar-refractivity contribution >= 4 is 5.69 Å². The lowest BCUT2D eigenvalue weighted by Gasteiger charge is -2.21. The molecule has 0 radical (unpaired) electrons. The first kappa shape index (κ1) is 15.0. The van der Waals surface area contributed by atoms with E-state index in [-0.39, 0.29) is 6.04 Å². The van der Waals surface area contributed by atoms with Gasteiger partial charge in [-0.2, -0.15) is 0 Å². The van der Waals surface area contributed by atoms with E-state index in [4.69, 9.17) is 9.47 Å². The number of anilines is 1. The maximum Gasteiger partial charge on any atom is 0.119 e. The lowest BCUT2D eigenvalue weighted by molar-refractivity contribution is 0.414. The van der Waals surface area contributed by atoms with Crippen molar-refractivity contribution in [1.29, 1.82) is 0 Å². The Morgan fingerprint density at radius 3 is 1.81 bits per heavy atom. The molecular formula is C18H21NO2. The molecule has 21 heavy (non-hydrogen) atoms. The Labute approximate surface area is 126 Å². The number of rotatable bonds is 6. The van der Waals surface area contributed by atoms with Crippen LogP contribution in [-0.4, -0.2) is 14.2 Å². The molecule has 0 fully saturated rings. The predicted molar refractivity (Wildman–Crippen MR) is 87.2 cm³/mol. The minimum Gasteiger partial charge on any atom is -0.497 e. The molecule has 0 bridgehead atoms. The Hall–Kier alpha value is -2.42. The van der Waals surface area contributed by atoms with Gasteiger partial charge in [-0.25, -0.2) is 0 Å². The molecule has 0 saturated carbocycles. The van der Waals surface area contributed by atoms with Crippen LogP contribution in [0.3, 0.4) is 0 Å². The van der Waals surface area contributed by atoms with Gasteiger partial charge in [0.2, 0.25) is 0 Å². The largest absolute Gasteiger partial charge is 0.497 e. The SMILES string of the molecule is C=C(C)C(Nc1ccc(OC)cc1)c1ccc(OC)cc1. The molecule has 110 valence electrons. The molecule has 0 aromatic heterocycles. The van der Waals surface area contributed by atoms with Crippen LogP contribution in [0.2, 0.25) is 0 Å². The summed E-state index contributed by atoms with van der Waals surface area (Å²) >= 11 is 0. The zero-order valence-electron chi connectivity index (χ0n) is 12.7. The number of methoxy groups -OCH3 is 2. The topological polar surface area (TPSA) is 30.5 Å². The molecule has 1 unspecified atom stereocenters. The van der Waals surface area contributed by atoms with Gasteiger partial charge in [-0.3, -0.25) is 0 Å². The Kier molecular flexibility index (Phi) is 4.88. The highest BCUT2D eigenvalue weighted by Gasteiger charge is 2.12. The Bertz CT molecular complexity index is 588. The summed E-state index contributed by atoms with van der Waals surface area (Å²) in [6.45, 7) is 6.11. The number of hydrogen-bond donors (Lipinski definition) is 1. The van der Waals surface area contributed by atoms with Gasteiger partial charge in [0.05, 0.1) is 20.3 Å². The van der Waals surface area contributed by atoms with Crippen molar-refractivity contribution in [2.75, 3.05) is 19.5 Å². The Morgan fingerprint density at radius 2 is 1.38 bits per heavy atom. The van der Waals surface area contributed by atoms with Gasteiger partial charge >= 0.3 is 0 Å². The fourth-order valence-corrected chi connectivity index (χ4v) is 2.14. The summed E-state index contributed by atoms with van der Waals surface area (Å²) in [5, 5.41) is 3.49. The van der Waals surface area contributed by atoms with E-state index in [2.05, 4.69) is 24.0 Å². The molecule has 2 rings (SSSR count). The van der Waals surface area contributed by atoms with Crippen molar-refractivity contribution in [2.24, 2.45) is 0 Å². The monoisotopic (exact) mass is 283 g/mol. The number of benzene rings is 2. The highest BCUT2D eigenvalue weighted by atomic mass is 16.5. The molecule has 1 atom stereocenters. The molecule has 2 aromatic carbocycles. The van der Waals surface area contributed by atoms with Crippen LogP contribution in [0.5, 0.6) is 11.5 Å². The van der Waals surface area contributed by atoms with Crippen LogP contribution in [0.4, 0.5) is 5.69 Å². The third kappa shape index (κ3) is 3.78. The average molecular weight is 283 g/mol. The third-order valence-electron chi connectivity index (χ3n) is 3.34. The molecule has 0 heterocycles. The van der Waals surface area contributed by atoms with Crippen LogP contribution < -0.4 is 14.8 Å². The van der Waals surface area contributed by atoms with Crippen molar-refractivity contribution in [3.05, 3.63) is 66.2 Å². The van der Waals surface area contributed by atoms with Gasteiger partial charge in [-0.15, -0.1) is 0 Å². The van der Waals surface area contributed by atoms with Gasteiger partial charge in [0.1, 0.15) is 11.5 Å². The summed E-state index contributed by atoms with van der Waals surface area (Å²) in [5.41, 5.74) is 3.23. The molecule has 3 heteroatoms. The van der Waals surface area contributed by atoms with Gasteiger partial charge in [-0.1, -0.05) is 24.3 Å². The van der Waals surface area contributed by atoms with Crippen molar-refractivity contribution in [3.8, 4) is 11.5 Å². The van der Waals surface area contributed by atoms with Crippen molar-refractivity contribution < 1.29 is 9.47 Å². The summed E-state index contributed by atoms with van der Waals surface area (Å²) < 4.78 is 10.4. The highest BCUT2D eigenvalue weighted by molar-refractivity contribution is 5.50. The van der Waals surface area contributed by atoms with Crippen molar-refractivity contribution in [3.63, 3.8) is 0 Å². The molecule has 0 aliphatic heterocycles. The van der Waals surface area contributed by atoms with E-state index >= 15 is 0 Å². The summed E-state index contributed by atoms with van der Waals surface area (Å²) in [5.74, 6) is 1.69. The summed E-state index contributed by atoms with van der Waals surface area (Å²) in [7, 11) is 3.33. The third-order valence-corrected chi connectivity index (χ3v) is 3.34. The molecule has 0 aliphatic rings. The number of nitrogens with one attached hydrogen (secondary N) is 1. The van der Waals surface area contributed by atoms with Crippen LogP contribution in [0, 0.1) is 0 Å². The summed E-state index contributed by atoms with van der Waals surface area (Å²) in [4.78, 5) is 0. The van der Waals surface area contributed by atoms with E-state index in [0.717, 1.165) is 28.3 Å². The van der Waals surface area contributed by atoms with E-state index in [1.807, 2.05) is 43.3 Å². The van der Waals surface area contributed by atoms with Crippen LogP contribution in [0.15, 0.2) is 60.7 Å². The van der Waals surface area contributed by atoms with E-state index in [1.54, 1.807) is 14.2 Å². The maximum absolute atomic E-state index is 5.20. The van der Waals surface area contributed by atoms with Gasteiger partial charge in [-0.05, 0) is 48.9 Å². The first-order chi connectivity index (χ1) is 10.1. The van der Waals surface area contributed by atoms with Gasteiger partial charge in [0.25, 0.3) is 0 Å². The predicted octanol–water partition coefficient (Wildman–Crippen LogP) is 4.43. The highest BCUT2D eigenvalue weighted by Crippen LogP contribution is 2.27. The quantitative estimate of drug-likeness (QED) is 0.795. The van der Waals surface area contributed by atoms with Crippen LogP contribution in [0.25, 0.3) is 0 Å². The minimum atomic E-state index is 0.0595. The van der Waals surface area contributed by atoms with Crippen molar-refractivity contribution in [2.45, 2.75) is 13.0 Å². The number of ether oxygens (including phenoxy) is 2. The van der Waals surface area contributed by atoms with E-state index in [1.165, 1.54) is 0 Å². The van der Waals surface area contributed by atoms with E-state index in [0.29, 0.717) is 0 Å². The first-order valence-corrected chi connectivity index (χ1v) is 6.84. The molecule has 0 aliphatic carbocycles. The maximum atomic E-state index is 5.20. The Balaban J connectivity index is 2.19. The van der Waals surface area contributed by atoms with Crippen LogP contribution in [-0.2, 0) is 0 Å². The molecule has 0 spiro atoms. The number of hydrogen-bond acceptors (Lipinski definition) is 3. The fraction of sp³-hybridized carbons (Fsp3) is 0.222. The molecule has 2 aromatic rings. The van der Waals surface area contributed by atoms with Gasteiger partial charge in [0.15, 0.2) is 0 Å². The van der Waals surface area contributed by atoms with Gasteiger partial charge < -0.3 is 14.8 Å². The summed E-state index contributed by atoms with van der Waals surface area (Å²) in [6.07, 6.45) is 0. The second-order valence-corrected chi connectivity index (χ2v) is 4.93. The molecule has 3 nitrogen and oxygen atoms in total. The lowest BCUT2D eigenvalue weighted by Crippen LogP contribution is -2.11. The molecule has 1 N–H and O–H groups in total. The molecule has 0 amide bonds. The fourth-order valence-electron chi connectivity index (χ4n) is 2.14. The molecular weight excluding hydrogens is 262 g/mol. The average Bonchev–Trinajstić information content (AvgIpc) is 2.53. The molecule has 0 saturated heterocycles. The first-order valence-electron chi connectivity index (χ1n) is 6.84. The second-order valence-electron chi connectivity index (χ2n) is 4.93. The normalized spacial score (nSPS) is 11.6. The summed E-state index contributed by atoms with van der Waals surface area (Å²) in [6, 6.07) is 15.9. The Morgan fingerprint density at radius 1 is 0.905 bits per heavy atom. The smallest absolute Gasteiger partial charge is 0.119 e. The lowest BCUT2D eigenvalue weighted by atomic mass is 10.0.